The van der Waals surface area contributed by atoms with E-state index in [9.17, 15) is 20.1 Å². The number of rotatable bonds is 14. The zero-order valence-corrected chi connectivity index (χ0v) is 20.8. The summed E-state index contributed by atoms with van der Waals surface area (Å²) in [5.41, 5.74) is 2.27. The van der Waals surface area contributed by atoms with E-state index in [2.05, 4.69) is 37.1 Å². The van der Waals surface area contributed by atoms with Gasteiger partial charge in [0, 0.05) is 32.3 Å². The molecular formula is C26H39N3O5. The molecule has 2 aromatic rings. The lowest BCUT2D eigenvalue weighted by molar-refractivity contribution is -0.131. The van der Waals surface area contributed by atoms with Crippen LogP contribution in [0.3, 0.4) is 0 Å². The summed E-state index contributed by atoms with van der Waals surface area (Å²) in [7, 11) is 1.64. The summed E-state index contributed by atoms with van der Waals surface area (Å²) in [5.74, 6) is 0.00168. The SMILES string of the molecule is CCCN(CCOC)C(=O)Cc1cccc(CC(C)(C)NCC(O)c2ccc(O)c(CO)n2)c1. The van der Waals surface area contributed by atoms with Crippen LogP contribution < -0.4 is 5.32 Å². The Morgan fingerprint density at radius 3 is 2.62 bits per heavy atom. The lowest BCUT2D eigenvalue weighted by Gasteiger charge is -2.28. The number of aromatic nitrogens is 1. The van der Waals surface area contributed by atoms with Gasteiger partial charge in [0.2, 0.25) is 5.91 Å². The number of β-amino-alcohol motifs (C(OH)–C–C–N with tert-alkyl or cyclic N) is 1. The standard InChI is InChI=1S/C26H39N3O5/c1-5-11-29(12-13-34-4)25(33)15-19-7-6-8-20(14-19)16-26(2,3)27-17-24(32)21-9-10-23(31)22(18-30)28-21/h6-10,14,24,27,30-32H,5,11-13,15-18H2,1-4H3. The van der Waals surface area contributed by atoms with Gasteiger partial charge in [-0.15, -0.1) is 0 Å². The van der Waals surface area contributed by atoms with Gasteiger partial charge in [-0.25, -0.2) is 4.98 Å². The third kappa shape index (κ3) is 8.68. The summed E-state index contributed by atoms with van der Waals surface area (Å²) in [5, 5.41) is 32.8. The number of hydrogen-bond donors (Lipinski definition) is 4. The fourth-order valence-electron chi connectivity index (χ4n) is 3.83. The number of carbonyl (C=O) groups excluding carboxylic acids is 1. The molecule has 0 saturated carbocycles. The van der Waals surface area contributed by atoms with Gasteiger partial charge in [-0.3, -0.25) is 4.79 Å². The Morgan fingerprint density at radius 2 is 1.94 bits per heavy atom. The van der Waals surface area contributed by atoms with Gasteiger partial charge in [-0.05, 0) is 49.9 Å². The largest absolute Gasteiger partial charge is 0.506 e. The number of benzene rings is 1. The molecule has 0 bridgehead atoms. The normalized spacial score (nSPS) is 12.5. The minimum atomic E-state index is -0.884. The summed E-state index contributed by atoms with van der Waals surface area (Å²) in [6.45, 7) is 7.87. The zero-order chi connectivity index (χ0) is 25.1. The van der Waals surface area contributed by atoms with Crippen molar-refractivity contribution >= 4 is 5.91 Å². The molecule has 0 spiro atoms. The number of nitrogens with one attached hydrogen (secondary N) is 1. The Bertz CT molecular complexity index is 919. The van der Waals surface area contributed by atoms with Crippen LogP contribution in [0.4, 0.5) is 0 Å². The van der Waals surface area contributed by atoms with E-state index in [1.165, 1.54) is 6.07 Å². The molecule has 0 saturated heterocycles. The van der Waals surface area contributed by atoms with E-state index in [1.54, 1.807) is 13.2 Å². The second-order valence-electron chi connectivity index (χ2n) is 9.19. The molecule has 1 aromatic carbocycles. The molecule has 4 N–H and O–H groups in total. The number of amides is 1. The van der Waals surface area contributed by atoms with Gasteiger partial charge < -0.3 is 30.3 Å². The van der Waals surface area contributed by atoms with Crippen molar-refractivity contribution in [2.24, 2.45) is 0 Å². The number of methoxy groups -OCH3 is 1. The van der Waals surface area contributed by atoms with Gasteiger partial charge in [0.1, 0.15) is 17.5 Å². The maximum absolute atomic E-state index is 12.8. The van der Waals surface area contributed by atoms with Crippen LogP contribution in [-0.2, 0) is 29.0 Å². The molecular weight excluding hydrogens is 434 g/mol. The molecule has 0 aliphatic carbocycles. The van der Waals surface area contributed by atoms with Gasteiger partial charge >= 0.3 is 0 Å². The summed E-state index contributed by atoms with van der Waals surface area (Å²) in [6.07, 6.45) is 1.08. The molecule has 0 aliphatic heterocycles. The molecule has 0 radical (unpaired) electrons. The average Bonchev–Trinajstić information content (AvgIpc) is 2.80. The first kappa shape index (κ1) is 27.7. The van der Waals surface area contributed by atoms with Crippen molar-refractivity contribution < 1.29 is 24.9 Å². The molecule has 8 nitrogen and oxygen atoms in total. The van der Waals surface area contributed by atoms with Gasteiger partial charge in [0.25, 0.3) is 0 Å². The molecule has 2 rings (SSSR count). The van der Waals surface area contributed by atoms with E-state index in [0.29, 0.717) is 31.7 Å². The third-order valence-electron chi connectivity index (χ3n) is 5.64. The number of ether oxygens (including phenoxy) is 1. The molecule has 8 heteroatoms. The molecule has 34 heavy (non-hydrogen) atoms. The Labute approximate surface area is 202 Å². The second-order valence-corrected chi connectivity index (χ2v) is 9.19. The number of nitrogens with zero attached hydrogens (tertiary/aromatic N) is 2. The number of hydrogen-bond acceptors (Lipinski definition) is 7. The predicted molar refractivity (Wildman–Crippen MR) is 131 cm³/mol. The van der Waals surface area contributed by atoms with Crippen LogP contribution in [0.2, 0.25) is 0 Å². The maximum atomic E-state index is 12.8. The van der Waals surface area contributed by atoms with E-state index in [-0.39, 0.29) is 29.4 Å². The van der Waals surface area contributed by atoms with Crippen LogP contribution in [-0.4, -0.2) is 70.0 Å². The summed E-state index contributed by atoms with van der Waals surface area (Å²) >= 11 is 0. The number of aliphatic hydroxyl groups is 2. The number of aromatic hydroxyl groups is 1. The van der Waals surface area contributed by atoms with Gasteiger partial charge in [-0.2, -0.15) is 0 Å². The van der Waals surface area contributed by atoms with Crippen LogP contribution in [0.25, 0.3) is 0 Å². The minimum Gasteiger partial charge on any atom is -0.506 e. The predicted octanol–water partition coefficient (Wildman–Crippen LogP) is 2.35. The highest BCUT2D eigenvalue weighted by atomic mass is 16.5. The Kier molecular flexibility index (Phi) is 10.9. The quantitative estimate of drug-likeness (QED) is 0.333. The Balaban J connectivity index is 1.97. The van der Waals surface area contributed by atoms with Crippen molar-refractivity contribution in [3.8, 4) is 5.75 Å². The van der Waals surface area contributed by atoms with Crippen molar-refractivity contribution in [1.29, 1.82) is 0 Å². The first-order chi connectivity index (χ1) is 16.2. The molecule has 1 amide bonds. The van der Waals surface area contributed by atoms with Crippen LogP contribution in [0.1, 0.15) is 55.8 Å². The highest BCUT2D eigenvalue weighted by Gasteiger charge is 2.21. The number of pyridine rings is 1. The molecule has 188 valence electrons. The van der Waals surface area contributed by atoms with Gasteiger partial charge in [0.05, 0.1) is 25.3 Å². The smallest absolute Gasteiger partial charge is 0.227 e. The van der Waals surface area contributed by atoms with E-state index in [1.807, 2.05) is 23.1 Å². The van der Waals surface area contributed by atoms with E-state index >= 15 is 0 Å². The summed E-state index contributed by atoms with van der Waals surface area (Å²) in [6, 6.07) is 11.0. The fourth-order valence-corrected chi connectivity index (χ4v) is 3.83. The van der Waals surface area contributed by atoms with E-state index in [0.717, 1.165) is 24.1 Å². The number of aliphatic hydroxyl groups excluding tert-OH is 2. The lowest BCUT2D eigenvalue weighted by atomic mass is 9.93. The van der Waals surface area contributed by atoms with Crippen LogP contribution in [0, 0.1) is 0 Å². The Morgan fingerprint density at radius 1 is 1.21 bits per heavy atom. The summed E-state index contributed by atoms with van der Waals surface area (Å²) in [4.78, 5) is 18.8. The first-order valence-corrected chi connectivity index (χ1v) is 11.8. The highest BCUT2D eigenvalue weighted by Crippen LogP contribution is 2.20. The van der Waals surface area contributed by atoms with Crippen molar-refractivity contribution in [3.05, 3.63) is 58.9 Å². The fraction of sp³-hybridized carbons (Fsp3) is 0.538. The van der Waals surface area contributed by atoms with Crippen LogP contribution in [0.15, 0.2) is 36.4 Å². The average molecular weight is 474 g/mol. The van der Waals surface area contributed by atoms with Gasteiger partial charge in [0.15, 0.2) is 0 Å². The van der Waals surface area contributed by atoms with Crippen LogP contribution in [0.5, 0.6) is 5.75 Å². The maximum Gasteiger partial charge on any atom is 0.227 e. The minimum absolute atomic E-state index is 0.0957. The van der Waals surface area contributed by atoms with Crippen molar-refractivity contribution in [2.75, 3.05) is 33.4 Å². The van der Waals surface area contributed by atoms with Crippen molar-refractivity contribution in [3.63, 3.8) is 0 Å². The van der Waals surface area contributed by atoms with E-state index < -0.39 is 12.7 Å². The topological polar surface area (TPSA) is 115 Å². The van der Waals surface area contributed by atoms with E-state index in [4.69, 9.17) is 4.74 Å². The highest BCUT2D eigenvalue weighted by molar-refractivity contribution is 5.78. The monoisotopic (exact) mass is 473 g/mol. The Hall–Kier alpha value is -2.52. The second kappa shape index (κ2) is 13.4. The zero-order valence-electron chi connectivity index (χ0n) is 20.8. The van der Waals surface area contributed by atoms with Gasteiger partial charge in [-0.1, -0.05) is 31.2 Å². The molecule has 1 atom stereocenters. The molecule has 0 aliphatic rings. The molecule has 1 aromatic heterocycles. The molecule has 0 fully saturated rings. The van der Waals surface area contributed by atoms with Crippen LogP contribution >= 0.6 is 0 Å². The number of carbonyl (C=O) groups is 1. The molecule has 1 unspecified atom stereocenters. The lowest BCUT2D eigenvalue weighted by Crippen LogP contribution is -2.43. The van der Waals surface area contributed by atoms with Crippen molar-refractivity contribution in [1.82, 2.24) is 15.2 Å². The molecule has 1 heterocycles. The first-order valence-electron chi connectivity index (χ1n) is 11.8. The summed E-state index contributed by atoms with van der Waals surface area (Å²) < 4.78 is 5.13. The third-order valence-corrected chi connectivity index (χ3v) is 5.64. The van der Waals surface area contributed by atoms with Crippen molar-refractivity contribution in [2.45, 2.75) is 58.3 Å².